The normalized spacial score (nSPS) is 16.2. The molecule has 0 fully saturated rings. The highest BCUT2D eigenvalue weighted by atomic mass is 19.4. The minimum Gasteiger partial charge on any atom is -0.475 e. The Morgan fingerprint density at radius 3 is 2.22 bits per heavy atom. The van der Waals surface area contributed by atoms with E-state index in [2.05, 4.69) is 9.47 Å². The van der Waals surface area contributed by atoms with E-state index in [1.807, 2.05) is 13.8 Å². The van der Waals surface area contributed by atoms with Crippen LogP contribution in [0.25, 0.3) is 6.08 Å². The van der Waals surface area contributed by atoms with Crippen molar-refractivity contribution in [1.82, 2.24) is 0 Å². The van der Waals surface area contributed by atoms with Crippen molar-refractivity contribution >= 4 is 12.0 Å². The molecule has 0 spiro atoms. The van der Waals surface area contributed by atoms with Crippen LogP contribution in [-0.2, 0) is 9.53 Å². The average Bonchev–Trinajstić information content (AvgIpc) is 2.53. The molecule has 0 aliphatic carbocycles. The number of hydrogen-bond acceptors (Lipinski definition) is 4. The number of ether oxygens (including phenoxy) is 3. The molecule has 1 unspecified atom stereocenters. The Labute approximate surface area is 151 Å². The number of benzene rings is 1. The molecule has 2 rings (SSSR count). The first-order valence-electron chi connectivity index (χ1n) is 7.95. The van der Waals surface area contributed by atoms with Crippen molar-refractivity contribution in [3.8, 4) is 11.5 Å². The van der Waals surface area contributed by atoms with E-state index in [9.17, 15) is 31.1 Å². The minimum atomic E-state index is -4.97. The largest absolute Gasteiger partial charge is 0.573 e. The summed E-state index contributed by atoms with van der Waals surface area (Å²) in [7, 11) is 0. The van der Waals surface area contributed by atoms with Gasteiger partial charge in [0.25, 0.3) is 0 Å². The predicted molar refractivity (Wildman–Crippen MR) is 84.3 cm³/mol. The first kappa shape index (κ1) is 22.7. The number of carbonyl (C=O) groups is 1. The number of aryl methyl sites for hydroxylation is 1. The fourth-order valence-electron chi connectivity index (χ4n) is 2.28. The quantitative estimate of drug-likeness (QED) is 0.518. The minimum absolute atomic E-state index is 0.00911. The first-order valence-corrected chi connectivity index (χ1v) is 7.95. The zero-order valence-corrected chi connectivity index (χ0v) is 14.9. The van der Waals surface area contributed by atoms with Gasteiger partial charge in [-0.15, -0.1) is 13.2 Å². The van der Waals surface area contributed by atoms with Crippen LogP contribution in [0.5, 0.6) is 11.5 Å². The molecular formula is C17H18F6O4. The summed E-state index contributed by atoms with van der Waals surface area (Å²) in [4.78, 5) is 11.8. The molecule has 152 valence electrons. The van der Waals surface area contributed by atoms with Crippen molar-refractivity contribution in [2.75, 3.05) is 6.61 Å². The molecule has 1 aliphatic heterocycles. The maximum atomic E-state index is 13.2. The van der Waals surface area contributed by atoms with E-state index in [1.165, 1.54) is 13.8 Å². The van der Waals surface area contributed by atoms with Crippen LogP contribution < -0.4 is 9.47 Å². The molecule has 0 amide bonds. The zero-order valence-electron chi connectivity index (χ0n) is 14.9. The summed E-state index contributed by atoms with van der Waals surface area (Å²) in [6.07, 6.45) is -11.7. The summed E-state index contributed by atoms with van der Waals surface area (Å²) < 4.78 is 89.7. The smallest absolute Gasteiger partial charge is 0.475 e. The molecule has 0 saturated heterocycles. The zero-order chi connectivity index (χ0) is 21.0. The van der Waals surface area contributed by atoms with Crippen LogP contribution in [-0.4, -0.2) is 31.2 Å². The summed E-state index contributed by atoms with van der Waals surface area (Å²) in [6, 6.07) is 1.73. The fourth-order valence-corrected chi connectivity index (χ4v) is 2.28. The first-order chi connectivity index (χ1) is 12.4. The fraction of sp³-hybridized carbons (Fsp3) is 0.471. The van der Waals surface area contributed by atoms with Crippen molar-refractivity contribution in [1.29, 1.82) is 0 Å². The van der Waals surface area contributed by atoms with Gasteiger partial charge in [0.15, 0.2) is 0 Å². The van der Waals surface area contributed by atoms with Crippen LogP contribution >= 0.6 is 0 Å². The van der Waals surface area contributed by atoms with Crippen molar-refractivity contribution in [2.24, 2.45) is 0 Å². The second-order valence-corrected chi connectivity index (χ2v) is 5.07. The van der Waals surface area contributed by atoms with E-state index >= 15 is 0 Å². The van der Waals surface area contributed by atoms with Gasteiger partial charge in [0.2, 0.25) is 6.10 Å². The van der Waals surface area contributed by atoms with Crippen LogP contribution in [0.1, 0.15) is 31.9 Å². The molecule has 0 aromatic heterocycles. The summed E-state index contributed by atoms with van der Waals surface area (Å²) in [5, 5.41) is 0. The van der Waals surface area contributed by atoms with Crippen molar-refractivity contribution in [2.45, 2.75) is 46.3 Å². The van der Waals surface area contributed by atoms with Crippen LogP contribution in [0.4, 0.5) is 26.3 Å². The third-order valence-electron chi connectivity index (χ3n) is 3.15. The number of rotatable bonds is 3. The summed E-state index contributed by atoms with van der Waals surface area (Å²) in [5.74, 6) is -2.20. The lowest BCUT2D eigenvalue weighted by atomic mass is 9.99. The number of carbonyl (C=O) groups excluding carboxylic acids is 1. The van der Waals surface area contributed by atoms with Crippen molar-refractivity contribution in [3.05, 3.63) is 28.8 Å². The Bertz CT molecular complexity index is 707. The number of fused-ring (bicyclic) bond motifs is 1. The van der Waals surface area contributed by atoms with Gasteiger partial charge in [0, 0.05) is 5.56 Å². The monoisotopic (exact) mass is 400 g/mol. The molecule has 0 saturated carbocycles. The molecule has 1 aliphatic rings. The molecule has 1 heterocycles. The highest BCUT2D eigenvalue weighted by Gasteiger charge is 2.49. The standard InChI is InChI=1S/C15H12F6O4.C2H6/c1-3-23-13(22)10-6-8-5-9(25-15(19,20)21)4-7(2)11(8)24-12(10)14(16,17)18;1-2/h4-6,12H,3H2,1-2H3;1-2H3. The molecular weight excluding hydrogens is 382 g/mol. The lowest BCUT2D eigenvalue weighted by molar-refractivity contribution is -0.274. The van der Waals surface area contributed by atoms with Crippen molar-refractivity contribution < 1.29 is 45.3 Å². The van der Waals surface area contributed by atoms with Gasteiger partial charge in [-0.2, -0.15) is 13.2 Å². The SMILES string of the molecule is CC.CCOC(=O)C1=Cc2cc(OC(F)(F)F)cc(C)c2OC1C(F)(F)F. The summed E-state index contributed by atoms with van der Waals surface area (Å²) in [5.41, 5.74) is -1.02. The van der Waals surface area contributed by atoms with Gasteiger partial charge in [0.05, 0.1) is 12.2 Å². The Balaban J connectivity index is 0.00000176. The Kier molecular flexibility index (Phi) is 7.16. The van der Waals surface area contributed by atoms with E-state index in [-0.39, 0.29) is 23.5 Å². The maximum Gasteiger partial charge on any atom is 0.573 e. The second-order valence-electron chi connectivity index (χ2n) is 5.07. The van der Waals surface area contributed by atoms with E-state index in [4.69, 9.17) is 4.74 Å². The van der Waals surface area contributed by atoms with Gasteiger partial charge in [-0.05, 0) is 37.6 Å². The number of esters is 1. The summed E-state index contributed by atoms with van der Waals surface area (Å²) in [6.45, 7) is 6.49. The number of hydrogen-bond donors (Lipinski definition) is 0. The molecule has 0 bridgehead atoms. The number of alkyl halides is 6. The maximum absolute atomic E-state index is 13.2. The highest BCUT2D eigenvalue weighted by Crippen LogP contribution is 2.41. The van der Waals surface area contributed by atoms with Crippen LogP contribution in [0.3, 0.4) is 0 Å². The molecule has 27 heavy (non-hydrogen) atoms. The van der Waals surface area contributed by atoms with E-state index in [0.29, 0.717) is 0 Å². The topological polar surface area (TPSA) is 44.8 Å². The Morgan fingerprint density at radius 1 is 1.15 bits per heavy atom. The van der Waals surface area contributed by atoms with Gasteiger partial charge < -0.3 is 14.2 Å². The molecule has 0 N–H and O–H groups in total. The van der Waals surface area contributed by atoms with Gasteiger partial charge in [-0.1, -0.05) is 13.8 Å². The van der Waals surface area contributed by atoms with E-state index in [1.54, 1.807) is 0 Å². The second kappa shape index (κ2) is 8.53. The van der Waals surface area contributed by atoms with E-state index < -0.39 is 35.9 Å². The number of halogens is 6. The Morgan fingerprint density at radius 2 is 1.74 bits per heavy atom. The van der Waals surface area contributed by atoms with Gasteiger partial charge >= 0.3 is 18.5 Å². The molecule has 1 aromatic carbocycles. The van der Waals surface area contributed by atoms with Gasteiger partial charge in [-0.3, -0.25) is 0 Å². The third-order valence-corrected chi connectivity index (χ3v) is 3.15. The molecule has 4 nitrogen and oxygen atoms in total. The van der Waals surface area contributed by atoms with Gasteiger partial charge in [-0.25, -0.2) is 4.79 Å². The predicted octanol–water partition coefficient (Wildman–Crippen LogP) is 5.19. The third kappa shape index (κ3) is 5.80. The summed E-state index contributed by atoms with van der Waals surface area (Å²) >= 11 is 0. The van der Waals surface area contributed by atoms with Gasteiger partial charge in [0.1, 0.15) is 11.5 Å². The van der Waals surface area contributed by atoms with E-state index in [0.717, 1.165) is 18.2 Å². The Hall–Kier alpha value is -2.39. The highest BCUT2D eigenvalue weighted by molar-refractivity contribution is 5.96. The lowest BCUT2D eigenvalue weighted by Crippen LogP contribution is -2.41. The average molecular weight is 400 g/mol. The van der Waals surface area contributed by atoms with Crippen LogP contribution in [0.2, 0.25) is 0 Å². The van der Waals surface area contributed by atoms with Crippen molar-refractivity contribution in [3.63, 3.8) is 0 Å². The van der Waals surface area contributed by atoms with Crippen LogP contribution in [0.15, 0.2) is 17.7 Å². The lowest BCUT2D eigenvalue weighted by Gasteiger charge is -2.29. The molecule has 1 aromatic rings. The molecule has 0 radical (unpaired) electrons. The van der Waals surface area contributed by atoms with Crippen LogP contribution in [0, 0.1) is 6.92 Å². The molecule has 1 atom stereocenters. The molecule has 10 heteroatoms.